The number of nitro groups is 1. The molecular weight excluding hydrogens is 382 g/mol. The number of piperazine rings is 1. The highest BCUT2D eigenvalue weighted by molar-refractivity contribution is 7.89. The van der Waals surface area contributed by atoms with Crippen LogP contribution in [0.25, 0.3) is 0 Å². The number of nitrogens with zero attached hydrogens (tertiary/aromatic N) is 3. The molecule has 0 spiro atoms. The van der Waals surface area contributed by atoms with Crippen molar-refractivity contribution in [2.75, 3.05) is 33.3 Å². The van der Waals surface area contributed by atoms with Gasteiger partial charge in [-0.15, -0.1) is 0 Å². The maximum Gasteiger partial charge on any atom is 0.312 e. The number of hydrogen-bond acceptors (Lipinski definition) is 6. The molecule has 0 aliphatic carbocycles. The lowest BCUT2D eigenvalue weighted by Crippen LogP contribution is -2.48. The largest absolute Gasteiger partial charge is 0.490 e. The van der Waals surface area contributed by atoms with Gasteiger partial charge in [-0.1, -0.05) is 29.8 Å². The Bertz CT molecular complexity index is 969. The first kappa shape index (κ1) is 20.2. The Balaban J connectivity index is 1.71. The summed E-state index contributed by atoms with van der Waals surface area (Å²) < 4.78 is 32.2. The molecule has 8 nitrogen and oxygen atoms in total. The molecule has 9 heteroatoms. The van der Waals surface area contributed by atoms with Crippen molar-refractivity contribution in [1.82, 2.24) is 9.21 Å². The van der Waals surface area contributed by atoms with Crippen molar-refractivity contribution in [3.05, 3.63) is 63.7 Å². The lowest BCUT2D eigenvalue weighted by molar-refractivity contribution is -0.386. The van der Waals surface area contributed by atoms with Crippen molar-refractivity contribution in [2.45, 2.75) is 18.4 Å². The fourth-order valence-corrected chi connectivity index (χ4v) is 4.76. The van der Waals surface area contributed by atoms with Crippen molar-refractivity contribution in [3.63, 3.8) is 0 Å². The van der Waals surface area contributed by atoms with Crippen molar-refractivity contribution in [1.29, 1.82) is 0 Å². The molecule has 0 amide bonds. The monoisotopic (exact) mass is 405 g/mol. The zero-order valence-corrected chi connectivity index (χ0v) is 16.7. The smallest absolute Gasteiger partial charge is 0.312 e. The minimum atomic E-state index is -3.80. The molecule has 1 fully saturated rings. The fraction of sp³-hybridized carbons (Fsp3) is 0.368. The SMILES string of the molecule is COc1ccc(S(=O)(=O)N2CCN(Cc3cccc(C)c3)CC2)cc1[N+](=O)[O-]. The Morgan fingerprint density at radius 2 is 1.82 bits per heavy atom. The lowest BCUT2D eigenvalue weighted by Gasteiger charge is -2.34. The van der Waals surface area contributed by atoms with Gasteiger partial charge in [-0.25, -0.2) is 8.42 Å². The predicted molar refractivity (Wildman–Crippen MR) is 105 cm³/mol. The first-order chi connectivity index (χ1) is 13.3. The summed E-state index contributed by atoms with van der Waals surface area (Å²) in [4.78, 5) is 12.7. The Morgan fingerprint density at radius 1 is 1.11 bits per heavy atom. The van der Waals surface area contributed by atoms with Gasteiger partial charge in [0, 0.05) is 38.8 Å². The van der Waals surface area contributed by atoms with Crippen LogP contribution in [-0.4, -0.2) is 55.8 Å². The standard InChI is InChI=1S/C19H23N3O5S/c1-15-4-3-5-16(12-15)14-20-8-10-21(11-9-20)28(25,26)17-6-7-19(27-2)18(13-17)22(23)24/h3-7,12-13H,8-11,14H2,1-2H3. The number of aryl methyl sites for hydroxylation is 1. The van der Waals surface area contributed by atoms with E-state index in [2.05, 4.69) is 17.0 Å². The summed E-state index contributed by atoms with van der Waals surface area (Å²) >= 11 is 0. The third kappa shape index (κ3) is 4.32. The summed E-state index contributed by atoms with van der Waals surface area (Å²) in [6.45, 7) is 4.70. The lowest BCUT2D eigenvalue weighted by atomic mass is 10.1. The third-order valence-electron chi connectivity index (χ3n) is 4.80. The van der Waals surface area contributed by atoms with Gasteiger partial charge in [0.05, 0.1) is 16.9 Å². The Morgan fingerprint density at radius 3 is 2.43 bits per heavy atom. The van der Waals surface area contributed by atoms with E-state index in [1.165, 1.54) is 34.7 Å². The molecule has 1 heterocycles. The molecule has 0 N–H and O–H groups in total. The first-order valence-electron chi connectivity index (χ1n) is 8.92. The van der Waals surface area contributed by atoms with Crippen molar-refractivity contribution in [2.24, 2.45) is 0 Å². The second kappa shape index (κ2) is 8.26. The number of rotatable bonds is 6. The van der Waals surface area contributed by atoms with Crippen LogP contribution >= 0.6 is 0 Å². The van der Waals surface area contributed by atoms with E-state index in [-0.39, 0.29) is 16.3 Å². The van der Waals surface area contributed by atoms with Gasteiger partial charge in [-0.05, 0) is 24.6 Å². The zero-order valence-electron chi connectivity index (χ0n) is 15.9. The molecule has 1 saturated heterocycles. The molecule has 0 unspecified atom stereocenters. The van der Waals surface area contributed by atoms with Gasteiger partial charge in [-0.2, -0.15) is 4.31 Å². The highest BCUT2D eigenvalue weighted by Gasteiger charge is 2.30. The van der Waals surface area contributed by atoms with Crippen LogP contribution in [0.5, 0.6) is 5.75 Å². The van der Waals surface area contributed by atoms with E-state index in [1.54, 1.807) is 0 Å². The molecule has 2 aromatic carbocycles. The minimum Gasteiger partial charge on any atom is -0.490 e. The third-order valence-corrected chi connectivity index (χ3v) is 6.70. The van der Waals surface area contributed by atoms with E-state index < -0.39 is 14.9 Å². The number of methoxy groups -OCH3 is 1. The molecule has 0 aromatic heterocycles. The highest BCUT2D eigenvalue weighted by Crippen LogP contribution is 2.30. The number of sulfonamides is 1. The number of ether oxygens (including phenoxy) is 1. The van der Waals surface area contributed by atoms with Gasteiger partial charge in [0.1, 0.15) is 0 Å². The number of nitro benzene ring substituents is 1. The molecule has 0 atom stereocenters. The molecule has 1 aliphatic rings. The van der Waals surface area contributed by atoms with Crippen LogP contribution in [0.2, 0.25) is 0 Å². The fourth-order valence-electron chi connectivity index (χ4n) is 3.32. The second-order valence-corrected chi connectivity index (χ2v) is 8.70. The van der Waals surface area contributed by atoms with Crippen molar-refractivity contribution in [3.8, 4) is 5.75 Å². The van der Waals surface area contributed by atoms with Gasteiger partial charge in [0.25, 0.3) is 0 Å². The molecule has 28 heavy (non-hydrogen) atoms. The quantitative estimate of drug-likeness (QED) is 0.541. The summed E-state index contributed by atoms with van der Waals surface area (Å²) in [6, 6.07) is 12.0. The number of hydrogen-bond donors (Lipinski definition) is 0. The average Bonchev–Trinajstić information content (AvgIpc) is 2.68. The summed E-state index contributed by atoms with van der Waals surface area (Å²) in [6.07, 6.45) is 0. The topological polar surface area (TPSA) is 93.0 Å². The van der Waals surface area contributed by atoms with Gasteiger partial charge >= 0.3 is 5.69 Å². The van der Waals surface area contributed by atoms with Crippen LogP contribution in [0.15, 0.2) is 47.4 Å². The minimum absolute atomic E-state index is 0.0342. The highest BCUT2D eigenvalue weighted by atomic mass is 32.2. The number of benzene rings is 2. The zero-order chi connectivity index (χ0) is 20.3. The predicted octanol–water partition coefficient (Wildman–Crippen LogP) is 2.42. The summed E-state index contributed by atoms with van der Waals surface area (Å²) in [7, 11) is -2.49. The van der Waals surface area contributed by atoms with Crippen molar-refractivity contribution >= 4 is 15.7 Å². The Kier molecular flexibility index (Phi) is 5.97. The molecular formula is C19H23N3O5S. The van der Waals surface area contributed by atoms with Crippen LogP contribution in [-0.2, 0) is 16.6 Å². The van der Waals surface area contributed by atoms with Gasteiger partial charge in [-0.3, -0.25) is 15.0 Å². The molecule has 0 bridgehead atoms. The first-order valence-corrected chi connectivity index (χ1v) is 10.4. The Hall–Kier alpha value is -2.49. The van der Waals surface area contributed by atoms with Crippen LogP contribution in [0.4, 0.5) is 5.69 Å². The molecule has 150 valence electrons. The van der Waals surface area contributed by atoms with Crippen LogP contribution in [0.1, 0.15) is 11.1 Å². The normalized spacial score (nSPS) is 16.1. The van der Waals surface area contributed by atoms with Crippen molar-refractivity contribution < 1.29 is 18.1 Å². The molecule has 0 saturated carbocycles. The van der Waals surface area contributed by atoms with E-state index in [9.17, 15) is 18.5 Å². The molecule has 3 rings (SSSR count). The van der Waals surface area contributed by atoms with E-state index in [0.717, 1.165) is 12.6 Å². The Labute approximate surface area is 164 Å². The summed E-state index contributed by atoms with van der Waals surface area (Å²) in [5, 5.41) is 11.2. The molecule has 2 aromatic rings. The van der Waals surface area contributed by atoms with E-state index in [4.69, 9.17) is 4.74 Å². The van der Waals surface area contributed by atoms with E-state index >= 15 is 0 Å². The van der Waals surface area contributed by atoms with Crippen LogP contribution < -0.4 is 4.74 Å². The van der Waals surface area contributed by atoms with Gasteiger partial charge < -0.3 is 4.74 Å². The van der Waals surface area contributed by atoms with Gasteiger partial charge in [0.2, 0.25) is 10.0 Å². The van der Waals surface area contributed by atoms with Gasteiger partial charge in [0.15, 0.2) is 5.75 Å². The van der Waals surface area contributed by atoms with Crippen LogP contribution in [0.3, 0.4) is 0 Å². The molecule has 1 aliphatic heterocycles. The average molecular weight is 405 g/mol. The summed E-state index contributed by atoms with van der Waals surface area (Å²) in [5.41, 5.74) is 2.03. The second-order valence-electron chi connectivity index (χ2n) is 6.76. The molecule has 0 radical (unpaired) electrons. The maximum absolute atomic E-state index is 12.9. The summed E-state index contributed by atoms with van der Waals surface area (Å²) in [5.74, 6) is 0.0342. The van der Waals surface area contributed by atoms with Crippen LogP contribution in [0, 0.1) is 17.0 Å². The van der Waals surface area contributed by atoms with E-state index in [0.29, 0.717) is 26.2 Å². The van der Waals surface area contributed by atoms with E-state index in [1.807, 2.05) is 19.1 Å². The maximum atomic E-state index is 12.9.